The van der Waals surface area contributed by atoms with Gasteiger partial charge < -0.3 is 4.98 Å². The van der Waals surface area contributed by atoms with Crippen molar-refractivity contribution >= 4 is 11.8 Å². The highest BCUT2D eigenvalue weighted by Gasteiger charge is 2.18. The second kappa shape index (κ2) is 4.77. The molecule has 0 bridgehead atoms. The predicted molar refractivity (Wildman–Crippen MR) is 69.0 cm³/mol. The van der Waals surface area contributed by atoms with Crippen molar-refractivity contribution in [1.82, 2.24) is 9.97 Å². The van der Waals surface area contributed by atoms with Gasteiger partial charge in [-0.2, -0.15) is 11.8 Å². The molecule has 3 nitrogen and oxygen atoms in total. The van der Waals surface area contributed by atoms with Crippen molar-refractivity contribution in [3.05, 3.63) is 62.8 Å². The number of hydrogen-bond acceptors (Lipinski definition) is 3. The molecule has 1 aliphatic heterocycles. The number of hydrogen-bond donors (Lipinski definition) is 1. The van der Waals surface area contributed by atoms with Gasteiger partial charge in [-0.1, -0.05) is 6.07 Å². The van der Waals surface area contributed by atoms with Gasteiger partial charge in [0, 0.05) is 29.6 Å². The van der Waals surface area contributed by atoms with Gasteiger partial charge >= 0.3 is 0 Å². The van der Waals surface area contributed by atoms with Gasteiger partial charge in [0.05, 0.1) is 5.69 Å². The number of thioether (sulfide) groups is 1. The van der Waals surface area contributed by atoms with E-state index in [0.29, 0.717) is 28.5 Å². The molecule has 0 fully saturated rings. The summed E-state index contributed by atoms with van der Waals surface area (Å²) in [6.07, 6.45) is 0.152. The van der Waals surface area contributed by atoms with Gasteiger partial charge in [0.25, 0.3) is 5.56 Å². The van der Waals surface area contributed by atoms with Gasteiger partial charge in [-0.25, -0.2) is 13.8 Å². The van der Waals surface area contributed by atoms with Gasteiger partial charge in [-0.3, -0.25) is 4.79 Å². The van der Waals surface area contributed by atoms with Crippen LogP contribution in [0.25, 0.3) is 0 Å². The van der Waals surface area contributed by atoms with Crippen molar-refractivity contribution in [2.24, 2.45) is 0 Å². The summed E-state index contributed by atoms with van der Waals surface area (Å²) < 4.78 is 26.4. The number of aromatic nitrogens is 2. The van der Waals surface area contributed by atoms with Crippen LogP contribution in [-0.2, 0) is 17.9 Å². The maximum absolute atomic E-state index is 13.5. The molecule has 6 heteroatoms. The Morgan fingerprint density at radius 1 is 1.32 bits per heavy atom. The maximum atomic E-state index is 13.5. The zero-order valence-corrected chi connectivity index (χ0v) is 10.7. The van der Waals surface area contributed by atoms with E-state index in [1.54, 1.807) is 11.8 Å². The van der Waals surface area contributed by atoms with Crippen LogP contribution in [0.1, 0.15) is 22.6 Å². The third kappa shape index (κ3) is 2.40. The monoisotopic (exact) mass is 280 g/mol. The van der Waals surface area contributed by atoms with Gasteiger partial charge in [0.1, 0.15) is 17.5 Å². The Labute approximate surface area is 112 Å². The first kappa shape index (κ1) is 12.3. The molecule has 0 aliphatic carbocycles. The SMILES string of the molecule is O=c1[nH]c(Cc2ccc(F)cc2F)nc2c1CSC2. The summed E-state index contributed by atoms with van der Waals surface area (Å²) >= 11 is 1.63. The normalized spacial score (nSPS) is 13.6. The molecule has 2 heterocycles. The van der Waals surface area contributed by atoms with E-state index < -0.39 is 11.6 Å². The highest BCUT2D eigenvalue weighted by atomic mass is 32.2. The number of halogens is 2. The Bertz CT molecular complexity index is 700. The van der Waals surface area contributed by atoms with Crippen molar-refractivity contribution in [3.63, 3.8) is 0 Å². The van der Waals surface area contributed by atoms with Crippen LogP contribution in [0.15, 0.2) is 23.0 Å². The summed E-state index contributed by atoms with van der Waals surface area (Å²) in [4.78, 5) is 18.8. The number of nitrogens with zero attached hydrogens (tertiary/aromatic N) is 1. The van der Waals surface area contributed by atoms with Crippen LogP contribution in [0.4, 0.5) is 8.78 Å². The molecule has 2 aromatic rings. The van der Waals surface area contributed by atoms with Crippen LogP contribution in [0.5, 0.6) is 0 Å². The van der Waals surface area contributed by atoms with E-state index in [-0.39, 0.29) is 12.0 Å². The summed E-state index contributed by atoms with van der Waals surface area (Å²) in [5.41, 5.74) is 1.63. The molecule has 0 saturated carbocycles. The number of fused-ring (bicyclic) bond motifs is 1. The Morgan fingerprint density at radius 3 is 2.95 bits per heavy atom. The molecule has 0 unspecified atom stereocenters. The maximum Gasteiger partial charge on any atom is 0.255 e. The minimum atomic E-state index is -0.627. The van der Waals surface area contributed by atoms with Gasteiger partial charge in [-0.05, 0) is 11.6 Å². The number of benzene rings is 1. The molecule has 0 saturated heterocycles. The topological polar surface area (TPSA) is 45.8 Å². The Balaban J connectivity index is 1.96. The molecule has 1 N–H and O–H groups in total. The lowest BCUT2D eigenvalue weighted by molar-refractivity contribution is 0.573. The summed E-state index contributed by atoms with van der Waals surface area (Å²) in [7, 11) is 0. The Morgan fingerprint density at radius 2 is 2.16 bits per heavy atom. The number of rotatable bonds is 2. The van der Waals surface area contributed by atoms with Crippen LogP contribution in [0.3, 0.4) is 0 Å². The molecule has 19 heavy (non-hydrogen) atoms. The lowest BCUT2D eigenvalue weighted by atomic mass is 10.1. The zero-order valence-electron chi connectivity index (χ0n) is 9.87. The third-order valence-corrected chi connectivity index (χ3v) is 3.98. The first-order valence-electron chi connectivity index (χ1n) is 5.76. The lowest BCUT2D eigenvalue weighted by Crippen LogP contribution is -2.17. The Hall–Kier alpha value is -1.69. The van der Waals surface area contributed by atoms with Gasteiger partial charge in [0.2, 0.25) is 0 Å². The van der Waals surface area contributed by atoms with Crippen LogP contribution < -0.4 is 5.56 Å². The van der Waals surface area contributed by atoms with Gasteiger partial charge in [0.15, 0.2) is 0 Å². The zero-order chi connectivity index (χ0) is 13.4. The van der Waals surface area contributed by atoms with Crippen LogP contribution >= 0.6 is 11.8 Å². The van der Waals surface area contributed by atoms with E-state index in [9.17, 15) is 13.6 Å². The number of H-pyrrole nitrogens is 1. The van der Waals surface area contributed by atoms with Crippen molar-refractivity contribution in [2.45, 2.75) is 17.9 Å². The molecule has 0 atom stereocenters. The molecule has 3 rings (SSSR count). The van der Waals surface area contributed by atoms with Crippen LogP contribution in [0, 0.1) is 11.6 Å². The highest BCUT2D eigenvalue weighted by molar-refractivity contribution is 7.98. The number of aromatic amines is 1. The largest absolute Gasteiger partial charge is 0.310 e. The summed E-state index contributed by atoms with van der Waals surface area (Å²) in [5, 5.41) is 0. The van der Waals surface area contributed by atoms with E-state index in [2.05, 4.69) is 9.97 Å². The van der Waals surface area contributed by atoms with Gasteiger partial charge in [-0.15, -0.1) is 0 Å². The standard InChI is InChI=1S/C13H10F2N2OS/c14-8-2-1-7(10(15)4-8)3-12-16-11-6-19-5-9(11)13(18)17-12/h1-2,4H,3,5-6H2,(H,16,17,18). The molecular formula is C13H10F2N2OS. The fourth-order valence-electron chi connectivity index (χ4n) is 2.04. The van der Waals surface area contributed by atoms with Crippen molar-refractivity contribution in [2.75, 3.05) is 0 Å². The highest BCUT2D eigenvalue weighted by Crippen LogP contribution is 2.25. The van der Waals surface area contributed by atoms with Crippen LogP contribution in [0.2, 0.25) is 0 Å². The number of nitrogens with one attached hydrogen (secondary N) is 1. The second-order valence-electron chi connectivity index (χ2n) is 4.34. The molecule has 0 radical (unpaired) electrons. The molecule has 1 aromatic heterocycles. The van der Waals surface area contributed by atoms with E-state index in [1.807, 2.05) is 0 Å². The minimum Gasteiger partial charge on any atom is -0.310 e. The molecule has 0 spiro atoms. The second-order valence-corrected chi connectivity index (χ2v) is 5.33. The van der Waals surface area contributed by atoms with E-state index in [4.69, 9.17) is 0 Å². The summed E-state index contributed by atoms with van der Waals surface area (Å²) in [6, 6.07) is 3.39. The van der Waals surface area contributed by atoms with E-state index in [1.165, 1.54) is 12.1 Å². The average Bonchev–Trinajstić information content (AvgIpc) is 2.81. The fourth-order valence-corrected chi connectivity index (χ4v) is 3.08. The minimum absolute atomic E-state index is 0.152. The quantitative estimate of drug-likeness (QED) is 0.918. The summed E-state index contributed by atoms with van der Waals surface area (Å²) in [5.74, 6) is 0.545. The third-order valence-electron chi connectivity index (χ3n) is 3.01. The lowest BCUT2D eigenvalue weighted by Gasteiger charge is -2.05. The van der Waals surface area contributed by atoms with Crippen molar-refractivity contribution < 1.29 is 8.78 Å². The first-order valence-corrected chi connectivity index (χ1v) is 6.91. The molecule has 98 valence electrons. The van der Waals surface area contributed by atoms with E-state index >= 15 is 0 Å². The predicted octanol–water partition coefficient (Wildman–Crippen LogP) is 2.39. The molecule has 1 aromatic carbocycles. The van der Waals surface area contributed by atoms with E-state index in [0.717, 1.165) is 11.8 Å². The smallest absolute Gasteiger partial charge is 0.255 e. The first-order chi connectivity index (χ1) is 9.13. The van der Waals surface area contributed by atoms with Crippen LogP contribution in [-0.4, -0.2) is 9.97 Å². The van der Waals surface area contributed by atoms with Crippen molar-refractivity contribution in [1.29, 1.82) is 0 Å². The molecule has 0 amide bonds. The molecular weight excluding hydrogens is 270 g/mol. The fraction of sp³-hybridized carbons (Fsp3) is 0.231. The Kier molecular flexibility index (Phi) is 3.10. The summed E-state index contributed by atoms with van der Waals surface area (Å²) in [6.45, 7) is 0. The van der Waals surface area contributed by atoms with Crippen molar-refractivity contribution in [3.8, 4) is 0 Å². The average molecular weight is 280 g/mol. The molecule has 1 aliphatic rings.